The number of carbonyl (C=O) groups is 1. The van der Waals surface area contributed by atoms with Crippen molar-refractivity contribution in [1.82, 2.24) is 0 Å². The molecular weight excluding hydrogens is 204 g/mol. The molecule has 0 N–H and O–H groups in total. The first-order chi connectivity index (χ1) is 7.42. The molecule has 0 spiro atoms. The van der Waals surface area contributed by atoms with Crippen LogP contribution in [0, 0.1) is 11.3 Å². The average molecular weight is 224 g/mol. The summed E-state index contributed by atoms with van der Waals surface area (Å²) in [6, 6.07) is 0. The first-order valence-electron chi connectivity index (χ1n) is 6.31. The molecule has 0 bridgehead atoms. The van der Waals surface area contributed by atoms with Crippen LogP contribution in [-0.2, 0) is 14.3 Å². The molecule has 1 heterocycles. The van der Waals surface area contributed by atoms with Gasteiger partial charge in [-0.1, -0.05) is 6.92 Å². The highest BCUT2D eigenvalue weighted by Gasteiger charge is 2.61. The first-order valence-corrected chi connectivity index (χ1v) is 6.31. The summed E-state index contributed by atoms with van der Waals surface area (Å²) in [6.45, 7) is 6.04. The highest BCUT2D eigenvalue weighted by atomic mass is 16.8. The summed E-state index contributed by atoms with van der Waals surface area (Å²) in [5.41, 5.74) is -0.177. The Kier molecular flexibility index (Phi) is 2.06. The van der Waals surface area contributed by atoms with Crippen LogP contribution in [0.2, 0.25) is 0 Å². The van der Waals surface area contributed by atoms with Crippen molar-refractivity contribution in [2.24, 2.45) is 11.3 Å². The van der Waals surface area contributed by atoms with Crippen LogP contribution in [0.3, 0.4) is 0 Å². The number of hydrogen-bond acceptors (Lipinski definition) is 3. The minimum atomic E-state index is -0.461. The zero-order valence-electron chi connectivity index (χ0n) is 10.3. The summed E-state index contributed by atoms with van der Waals surface area (Å²) < 4.78 is 11.9. The van der Waals surface area contributed by atoms with Crippen molar-refractivity contribution in [3.05, 3.63) is 0 Å². The predicted molar refractivity (Wildman–Crippen MR) is 58.9 cm³/mol. The molecule has 0 aromatic heterocycles. The molecule has 0 aromatic rings. The Morgan fingerprint density at radius 2 is 2.00 bits per heavy atom. The lowest BCUT2D eigenvalue weighted by atomic mass is 9.68. The van der Waals surface area contributed by atoms with E-state index in [4.69, 9.17) is 9.47 Å². The van der Waals surface area contributed by atoms with Gasteiger partial charge in [-0.15, -0.1) is 0 Å². The van der Waals surface area contributed by atoms with Crippen molar-refractivity contribution in [1.29, 1.82) is 0 Å². The highest BCUT2D eigenvalue weighted by molar-refractivity contribution is 5.86. The Hall–Kier alpha value is -0.410. The van der Waals surface area contributed by atoms with Crippen molar-refractivity contribution in [2.75, 3.05) is 0 Å². The number of ketones is 1. The number of Topliss-reactive ketones (excluding diaryl/α,β-unsaturated/α-hetero) is 1. The van der Waals surface area contributed by atoms with E-state index in [0.717, 1.165) is 25.7 Å². The minimum Gasteiger partial charge on any atom is -0.345 e. The van der Waals surface area contributed by atoms with Gasteiger partial charge in [-0.2, -0.15) is 0 Å². The summed E-state index contributed by atoms with van der Waals surface area (Å²) in [4.78, 5) is 12.1. The Balaban J connectivity index is 1.90. The van der Waals surface area contributed by atoms with Crippen molar-refractivity contribution < 1.29 is 14.3 Å². The lowest BCUT2D eigenvalue weighted by Gasteiger charge is -2.37. The maximum atomic E-state index is 12.1. The van der Waals surface area contributed by atoms with Gasteiger partial charge in [-0.25, -0.2) is 0 Å². The monoisotopic (exact) mass is 224 g/mol. The van der Waals surface area contributed by atoms with Crippen LogP contribution in [0.4, 0.5) is 0 Å². The molecule has 0 unspecified atom stereocenters. The van der Waals surface area contributed by atoms with Crippen molar-refractivity contribution in [3.8, 4) is 0 Å². The Bertz CT molecular complexity index is 336. The molecule has 0 amide bonds. The Morgan fingerprint density at radius 3 is 2.75 bits per heavy atom. The molecule has 0 radical (unpaired) electrons. The Labute approximate surface area is 96.5 Å². The quantitative estimate of drug-likeness (QED) is 0.633. The first kappa shape index (κ1) is 10.7. The van der Waals surface area contributed by atoms with E-state index >= 15 is 0 Å². The molecule has 2 saturated carbocycles. The molecule has 3 nitrogen and oxygen atoms in total. The highest BCUT2D eigenvalue weighted by Crippen LogP contribution is 2.55. The van der Waals surface area contributed by atoms with Crippen molar-refractivity contribution in [3.63, 3.8) is 0 Å². The topological polar surface area (TPSA) is 35.5 Å². The molecule has 1 saturated heterocycles. The molecule has 2 aliphatic carbocycles. The van der Waals surface area contributed by atoms with E-state index in [0.29, 0.717) is 11.7 Å². The SMILES string of the molecule is CC1(C)O[C@H]2[C@H](C[C@@]3(C)C(=O)CCC[C@@H]23)O1. The molecule has 0 aromatic carbocycles. The van der Waals surface area contributed by atoms with Gasteiger partial charge in [0.2, 0.25) is 0 Å². The second kappa shape index (κ2) is 3.08. The molecular formula is C13H20O3. The number of carbonyl (C=O) groups excluding carboxylic acids is 1. The average Bonchev–Trinajstić information content (AvgIpc) is 2.57. The lowest BCUT2D eigenvalue weighted by molar-refractivity contribution is -0.172. The number of rotatable bonds is 0. The number of fused-ring (bicyclic) bond motifs is 3. The van der Waals surface area contributed by atoms with Crippen molar-refractivity contribution >= 4 is 5.78 Å². The van der Waals surface area contributed by atoms with E-state index < -0.39 is 5.79 Å². The van der Waals surface area contributed by atoms with Crippen LogP contribution in [0.15, 0.2) is 0 Å². The van der Waals surface area contributed by atoms with E-state index in [9.17, 15) is 4.79 Å². The van der Waals surface area contributed by atoms with Gasteiger partial charge in [0.1, 0.15) is 5.78 Å². The maximum absolute atomic E-state index is 12.1. The van der Waals surface area contributed by atoms with Gasteiger partial charge in [0.25, 0.3) is 0 Å². The van der Waals surface area contributed by atoms with E-state index in [1.807, 2.05) is 13.8 Å². The number of ether oxygens (including phenoxy) is 2. The Morgan fingerprint density at radius 1 is 1.25 bits per heavy atom. The number of hydrogen-bond donors (Lipinski definition) is 0. The van der Waals surface area contributed by atoms with Gasteiger partial charge < -0.3 is 9.47 Å². The lowest BCUT2D eigenvalue weighted by Crippen LogP contribution is -2.40. The van der Waals surface area contributed by atoms with Gasteiger partial charge in [0.15, 0.2) is 5.79 Å². The van der Waals surface area contributed by atoms with E-state index in [-0.39, 0.29) is 17.6 Å². The third kappa shape index (κ3) is 1.31. The fourth-order valence-electron chi connectivity index (χ4n) is 3.87. The van der Waals surface area contributed by atoms with Crippen LogP contribution in [-0.4, -0.2) is 23.8 Å². The third-order valence-corrected chi connectivity index (χ3v) is 4.62. The molecule has 3 aliphatic rings. The molecule has 90 valence electrons. The molecule has 3 heteroatoms. The zero-order chi connectivity index (χ0) is 11.6. The standard InChI is InChI=1S/C13H20O3/c1-12(2)15-9-7-13(3)8(11(9)16-12)5-4-6-10(13)14/h8-9,11H,4-7H2,1-3H3/t8-,9-,11+,13+/m0/s1. The van der Waals surface area contributed by atoms with Gasteiger partial charge in [-0.05, 0) is 33.1 Å². The summed E-state index contributed by atoms with van der Waals surface area (Å²) in [6.07, 6.45) is 4.01. The van der Waals surface area contributed by atoms with Crippen LogP contribution >= 0.6 is 0 Å². The fourth-order valence-corrected chi connectivity index (χ4v) is 3.87. The van der Waals surface area contributed by atoms with E-state index in [2.05, 4.69) is 6.92 Å². The van der Waals surface area contributed by atoms with Crippen LogP contribution in [0.5, 0.6) is 0 Å². The maximum Gasteiger partial charge on any atom is 0.163 e. The van der Waals surface area contributed by atoms with E-state index in [1.54, 1.807) is 0 Å². The predicted octanol–water partition coefficient (Wildman–Crippen LogP) is 2.29. The summed E-state index contributed by atoms with van der Waals surface area (Å²) in [5.74, 6) is 0.334. The smallest absolute Gasteiger partial charge is 0.163 e. The van der Waals surface area contributed by atoms with Crippen molar-refractivity contribution in [2.45, 2.75) is 64.4 Å². The van der Waals surface area contributed by atoms with Crippen LogP contribution < -0.4 is 0 Å². The van der Waals surface area contributed by atoms with Crippen LogP contribution in [0.25, 0.3) is 0 Å². The molecule has 4 atom stereocenters. The fraction of sp³-hybridized carbons (Fsp3) is 0.923. The van der Waals surface area contributed by atoms with E-state index in [1.165, 1.54) is 0 Å². The summed E-state index contributed by atoms with van der Waals surface area (Å²) in [5, 5.41) is 0. The summed E-state index contributed by atoms with van der Waals surface area (Å²) in [7, 11) is 0. The second-order valence-corrected chi connectivity index (χ2v) is 6.18. The third-order valence-electron chi connectivity index (χ3n) is 4.62. The van der Waals surface area contributed by atoms with Gasteiger partial charge in [0.05, 0.1) is 12.2 Å². The molecule has 16 heavy (non-hydrogen) atoms. The largest absolute Gasteiger partial charge is 0.345 e. The molecule has 3 fully saturated rings. The van der Waals surface area contributed by atoms with Crippen LogP contribution in [0.1, 0.15) is 46.5 Å². The molecule has 3 rings (SSSR count). The summed E-state index contributed by atoms with van der Waals surface area (Å²) >= 11 is 0. The van der Waals surface area contributed by atoms with Gasteiger partial charge in [-0.3, -0.25) is 4.79 Å². The second-order valence-electron chi connectivity index (χ2n) is 6.18. The van der Waals surface area contributed by atoms with Gasteiger partial charge >= 0.3 is 0 Å². The normalized spacial score (nSPS) is 50.2. The molecule has 1 aliphatic heterocycles. The zero-order valence-corrected chi connectivity index (χ0v) is 10.3. The minimum absolute atomic E-state index is 0.132. The van der Waals surface area contributed by atoms with Gasteiger partial charge in [0, 0.05) is 17.8 Å².